The van der Waals surface area contributed by atoms with Gasteiger partial charge in [-0.1, -0.05) is 27.3 Å². The fourth-order valence-corrected chi connectivity index (χ4v) is 3.15. The van der Waals surface area contributed by atoms with Gasteiger partial charge in [-0.2, -0.15) is 0 Å². The van der Waals surface area contributed by atoms with Crippen LogP contribution in [0, 0.1) is 6.92 Å². The Hall–Kier alpha value is -1.14. The number of hydrogen-bond donors (Lipinski definition) is 1. The predicted octanol–water partition coefficient (Wildman–Crippen LogP) is 3.94. The Morgan fingerprint density at radius 3 is 3.06 bits per heavy atom. The number of benzene rings is 1. The molecule has 4 nitrogen and oxygen atoms in total. The number of rotatable bonds is 2. The molecule has 1 N–H and O–H groups in total. The van der Waals surface area contributed by atoms with Gasteiger partial charge in [0.05, 0.1) is 16.8 Å². The first-order chi connectivity index (χ1) is 8.10. The maximum Gasteiger partial charge on any atom is 0.413 e. The Bertz CT molecular complexity index is 568. The largest absolute Gasteiger partial charge is 0.450 e. The monoisotopic (exact) mass is 314 g/mol. The van der Waals surface area contributed by atoms with Crippen molar-refractivity contribution < 1.29 is 9.53 Å². The third-order valence-electron chi connectivity index (χ3n) is 2.13. The third kappa shape index (κ3) is 2.76. The molecule has 0 unspecified atom stereocenters. The van der Waals surface area contributed by atoms with E-state index in [-0.39, 0.29) is 0 Å². The van der Waals surface area contributed by atoms with E-state index in [1.54, 1.807) is 6.92 Å². The van der Waals surface area contributed by atoms with Crippen LogP contribution in [0.5, 0.6) is 0 Å². The van der Waals surface area contributed by atoms with E-state index in [1.807, 2.05) is 19.1 Å². The van der Waals surface area contributed by atoms with Crippen molar-refractivity contribution in [3.8, 4) is 0 Å². The highest BCUT2D eigenvalue weighted by atomic mass is 79.9. The van der Waals surface area contributed by atoms with Crippen LogP contribution in [0.1, 0.15) is 12.5 Å². The van der Waals surface area contributed by atoms with E-state index in [1.165, 1.54) is 11.3 Å². The molecule has 0 radical (unpaired) electrons. The number of carbonyl (C=O) groups excluding carboxylic acids is 1. The van der Waals surface area contributed by atoms with Crippen LogP contribution >= 0.6 is 27.3 Å². The highest BCUT2D eigenvalue weighted by Crippen LogP contribution is 2.31. The first-order valence-corrected chi connectivity index (χ1v) is 6.71. The van der Waals surface area contributed by atoms with E-state index in [4.69, 9.17) is 4.74 Å². The molecule has 0 fully saturated rings. The molecule has 0 aliphatic rings. The van der Waals surface area contributed by atoms with Crippen molar-refractivity contribution in [3.05, 3.63) is 22.2 Å². The number of anilines is 1. The Balaban J connectivity index is 2.32. The summed E-state index contributed by atoms with van der Waals surface area (Å²) in [5.41, 5.74) is 1.98. The van der Waals surface area contributed by atoms with Crippen LogP contribution in [-0.2, 0) is 4.74 Å². The molecular weight excluding hydrogens is 304 g/mol. The lowest BCUT2D eigenvalue weighted by Gasteiger charge is -1.99. The van der Waals surface area contributed by atoms with E-state index >= 15 is 0 Å². The molecule has 0 aliphatic carbocycles. The molecule has 1 aromatic heterocycles. The van der Waals surface area contributed by atoms with Crippen molar-refractivity contribution in [3.63, 3.8) is 0 Å². The summed E-state index contributed by atoms with van der Waals surface area (Å²) in [7, 11) is 0. The summed E-state index contributed by atoms with van der Waals surface area (Å²) in [6.07, 6.45) is -0.469. The maximum absolute atomic E-state index is 11.3. The van der Waals surface area contributed by atoms with Gasteiger partial charge in [-0.3, -0.25) is 5.32 Å². The fraction of sp³-hybridized carbons (Fsp3) is 0.273. The second-order valence-corrected chi connectivity index (χ2v) is 5.38. The minimum Gasteiger partial charge on any atom is -0.450 e. The molecule has 1 amide bonds. The number of thiazole rings is 1. The number of nitrogens with one attached hydrogen (secondary N) is 1. The zero-order valence-corrected chi connectivity index (χ0v) is 11.8. The summed E-state index contributed by atoms with van der Waals surface area (Å²) in [4.78, 5) is 15.6. The van der Waals surface area contributed by atoms with Gasteiger partial charge in [0.25, 0.3) is 0 Å². The molecule has 1 heterocycles. The Kier molecular flexibility index (Phi) is 3.63. The van der Waals surface area contributed by atoms with Gasteiger partial charge in [-0.05, 0) is 31.5 Å². The standard InChI is InChI=1S/C11H11BrN2O2S/c1-3-16-11(15)14-10-13-9-6(2)4-7(12)5-8(9)17-10/h4-5H,3H2,1-2H3,(H,13,14,15). The first-order valence-electron chi connectivity index (χ1n) is 5.10. The highest BCUT2D eigenvalue weighted by Gasteiger charge is 2.10. The van der Waals surface area contributed by atoms with Crippen LogP contribution in [0.4, 0.5) is 9.93 Å². The van der Waals surface area contributed by atoms with Gasteiger partial charge in [0, 0.05) is 4.47 Å². The second kappa shape index (κ2) is 5.01. The molecule has 90 valence electrons. The molecule has 1 aromatic carbocycles. The highest BCUT2D eigenvalue weighted by molar-refractivity contribution is 9.10. The summed E-state index contributed by atoms with van der Waals surface area (Å²) < 4.78 is 6.84. The third-order valence-corrected chi connectivity index (χ3v) is 3.51. The average Bonchev–Trinajstić information content (AvgIpc) is 2.60. The Morgan fingerprint density at radius 1 is 1.59 bits per heavy atom. The molecule has 0 saturated heterocycles. The molecule has 0 aliphatic heterocycles. The number of aromatic nitrogens is 1. The maximum atomic E-state index is 11.3. The van der Waals surface area contributed by atoms with Crippen molar-refractivity contribution >= 4 is 48.7 Å². The van der Waals surface area contributed by atoms with E-state index in [0.29, 0.717) is 11.7 Å². The molecule has 17 heavy (non-hydrogen) atoms. The van der Waals surface area contributed by atoms with Crippen LogP contribution in [-0.4, -0.2) is 17.7 Å². The summed E-state index contributed by atoms with van der Waals surface area (Å²) in [5, 5.41) is 3.17. The zero-order valence-electron chi connectivity index (χ0n) is 9.41. The number of fused-ring (bicyclic) bond motifs is 1. The van der Waals surface area contributed by atoms with Crippen molar-refractivity contribution in [1.82, 2.24) is 4.98 Å². The normalized spacial score (nSPS) is 10.5. The number of amides is 1. The lowest BCUT2D eigenvalue weighted by molar-refractivity contribution is 0.168. The van der Waals surface area contributed by atoms with E-state index < -0.39 is 6.09 Å². The van der Waals surface area contributed by atoms with Crippen LogP contribution in [0.3, 0.4) is 0 Å². The molecule has 0 spiro atoms. The minimum atomic E-state index is -0.469. The van der Waals surface area contributed by atoms with Crippen molar-refractivity contribution in [2.45, 2.75) is 13.8 Å². The van der Waals surface area contributed by atoms with Crippen molar-refractivity contribution in [2.24, 2.45) is 0 Å². The van der Waals surface area contributed by atoms with Crippen molar-refractivity contribution in [2.75, 3.05) is 11.9 Å². The van der Waals surface area contributed by atoms with Gasteiger partial charge in [0.15, 0.2) is 5.13 Å². The molecule has 0 atom stereocenters. The van der Waals surface area contributed by atoms with Crippen LogP contribution < -0.4 is 5.32 Å². The summed E-state index contributed by atoms with van der Waals surface area (Å²) >= 11 is 4.86. The van der Waals surface area contributed by atoms with E-state index in [0.717, 1.165) is 20.3 Å². The van der Waals surface area contributed by atoms with Crippen LogP contribution in [0.25, 0.3) is 10.2 Å². The van der Waals surface area contributed by atoms with E-state index in [9.17, 15) is 4.79 Å². The van der Waals surface area contributed by atoms with E-state index in [2.05, 4.69) is 26.2 Å². The van der Waals surface area contributed by atoms with Gasteiger partial charge in [-0.15, -0.1) is 0 Å². The summed E-state index contributed by atoms with van der Waals surface area (Å²) in [6.45, 7) is 4.10. The van der Waals surface area contributed by atoms with Gasteiger partial charge in [-0.25, -0.2) is 9.78 Å². The van der Waals surface area contributed by atoms with Gasteiger partial charge in [0.2, 0.25) is 0 Å². The predicted molar refractivity (Wildman–Crippen MR) is 72.7 cm³/mol. The van der Waals surface area contributed by atoms with Crippen molar-refractivity contribution in [1.29, 1.82) is 0 Å². The van der Waals surface area contributed by atoms with Gasteiger partial charge < -0.3 is 4.74 Å². The number of nitrogens with zero attached hydrogens (tertiary/aromatic N) is 1. The number of halogens is 1. The molecule has 0 saturated carbocycles. The molecule has 2 aromatic rings. The number of ether oxygens (including phenoxy) is 1. The molecule has 2 rings (SSSR count). The van der Waals surface area contributed by atoms with Gasteiger partial charge in [0.1, 0.15) is 0 Å². The zero-order chi connectivity index (χ0) is 12.4. The lowest BCUT2D eigenvalue weighted by atomic mass is 10.2. The van der Waals surface area contributed by atoms with Gasteiger partial charge >= 0.3 is 6.09 Å². The molecule has 0 bridgehead atoms. The molecule has 6 heteroatoms. The van der Waals surface area contributed by atoms with Crippen LogP contribution in [0.15, 0.2) is 16.6 Å². The molecular formula is C11H11BrN2O2S. The Labute approximate surface area is 111 Å². The summed E-state index contributed by atoms with van der Waals surface area (Å²) in [6, 6.07) is 3.98. The first kappa shape index (κ1) is 12.3. The SMILES string of the molecule is CCOC(=O)Nc1nc2c(C)cc(Br)cc2s1. The average molecular weight is 315 g/mol. The fourth-order valence-electron chi connectivity index (χ4n) is 1.46. The minimum absolute atomic E-state index is 0.349. The smallest absolute Gasteiger partial charge is 0.413 e. The number of carbonyl (C=O) groups is 1. The lowest BCUT2D eigenvalue weighted by Crippen LogP contribution is -2.12. The number of aryl methyl sites for hydroxylation is 1. The second-order valence-electron chi connectivity index (χ2n) is 3.43. The number of hydrogen-bond acceptors (Lipinski definition) is 4. The summed E-state index contributed by atoms with van der Waals surface area (Å²) in [5.74, 6) is 0. The Morgan fingerprint density at radius 2 is 2.35 bits per heavy atom. The topological polar surface area (TPSA) is 51.2 Å². The van der Waals surface area contributed by atoms with Crippen LogP contribution in [0.2, 0.25) is 0 Å². The quantitative estimate of drug-likeness (QED) is 0.913.